The van der Waals surface area contributed by atoms with Gasteiger partial charge in [0.1, 0.15) is 0 Å². The van der Waals surface area contributed by atoms with E-state index in [9.17, 15) is 24.0 Å². The smallest absolute Gasteiger partial charge is 0.334 e. The number of ether oxygens (including phenoxy) is 3. The lowest BCUT2D eigenvalue weighted by atomic mass is 10.2. The van der Waals surface area contributed by atoms with E-state index >= 15 is 0 Å². The average Bonchev–Trinajstić information content (AvgIpc) is 3.12. The minimum atomic E-state index is -1.01. The van der Waals surface area contributed by atoms with E-state index in [-0.39, 0.29) is 50.0 Å². The molecule has 0 bridgehead atoms. The Bertz CT molecular complexity index is 1330. The molecule has 14 nitrogen and oxygen atoms in total. The molecular weight excluding hydrogens is 704 g/mol. The van der Waals surface area contributed by atoms with Crippen molar-refractivity contribution < 1.29 is 43.3 Å². The van der Waals surface area contributed by atoms with Crippen LogP contribution in [0.25, 0.3) is 0 Å². The molecule has 3 fully saturated rings. The van der Waals surface area contributed by atoms with Gasteiger partial charge in [-0.05, 0) is 24.3 Å². The maximum atomic E-state index is 12.0. The van der Waals surface area contributed by atoms with Crippen molar-refractivity contribution >= 4 is 72.6 Å². The van der Waals surface area contributed by atoms with Crippen molar-refractivity contribution in [3.8, 4) is 0 Å². The van der Waals surface area contributed by atoms with Gasteiger partial charge < -0.3 is 44.7 Å². The number of rotatable bonds is 6. The Kier molecular flexibility index (Phi) is 22.2. The predicted molar refractivity (Wildman–Crippen MR) is 196 cm³/mol. The molecule has 5 rings (SSSR count). The number of carboxylic acids is 1. The molecule has 4 amide bonds. The van der Waals surface area contributed by atoms with Crippen LogP contribution in [0.5, 0.6) is 0 Å². The van der Waals surface area contributed by atoms with Gasteiger partial charge in [0.15, 0.2) is 12.2 Å². The molecule has 3 aliphatic rings. The van der Waals surface area contributed by atoms with Gasteiger partial charge in [0.05, 0.1) is 44.4 Å². The molecule has 3 saturated heterocycles. The van der Waals surface area contributed by atoms with Gasteiger partial charge in [-0.15, -0.1) is 23.2 Å². The molecule has 0 saturated carbocycles. The summed E-state index contributed by atoms with van der Waals surface area (Å²) in [5.74, 6) is -1.24. The molecule has 17 heteroatoms. The van der Waals surface area contributed by atoms with Crippen LogP contribution in [-0.4, -0.2) is 147 Å². The molecule has 3 heterocycles. The zero-order valence-electron chi connectivity index (χ0n) is 29.2. The first kappa shape index (κ1) is 45.1. The number of anilines is 2. The number of carbonyl (C=O) groups is 5. The first-order valence-corrected chi connectivity index (χ1v) is 17.1. The van der Waals surface area contributed by atoms with Gasteiger partial charge in [0.25, 0.3) is 5.91 Å². The number of alkyl halides is 2. The van der Waals surface area contributed by atoms with Crippen LogP contribution >= 0.6 is 23.2 Å². The van der Waals surface area contributed by atoms with E-state index in [1.807, 2.05) is 65.6 Å². The summed E-state index contributed by atoms with van der Waals surface area (Å²) in [7, 11) is 0. The number of halogens is 2. The quantitative estimate of drug-likeness (QED) is 0.295. The lowest BCUT2D eigenvalue weighted by Crippen LogP contribution is -2.49. The van der Waals surface area contributed by atoms with Gasteiger partial charge in [-0.2, -0.15) is 0 Å². The fourth-order valence-corrected chi connectivity index (χ4v) is 4.84. The van der Waals surface area contributed by atoms with Crippen molar-refractivity contribution in [3.05, 3.63) is 60.7 Å². The molecule has 2 aromatic rings. The number of hydrogen-bond donors (Lipinski definition) is 3. The second kappa shape index (κ2) is 25.1. The summed E-state index contributed by atoms with van der Waals surface area (Å²) in [5.41, 5.74) is 1.81. The maximum Gasteiger partial charge on any atom is 0.334 e. The van der Waals surface area contributed by atoms with Crippen LogP contribution in [0.2, 0.25) is 0 Å². The first-order chi connectivity index (χ1) is 23.9. The number of nitrogens with zero attached hydrogens (tertiary/aromatic N) is 3. The van der Waals surface area contributed by atoms with Gasteiger partial charge in [-0.25, -0.2) is 4.79 Å². The Morgan fingerprint density at radius 1 is 0.686 bits per heavy atom. The van der Waals surface area contributed by atoms with Gasteiger partial charge in [0.2, 0.25) is 17.7 Å². The maximum absolute atomic E-state index is 12.0. The summed E-state index contributed by atoms with van der Waals surface area (Å²) in [5, 5.41) is 14.8. The van der Waals surface area contributed by atoms with E-state index in [2.05, 4.69) is 10.6 Å². The van der Waals surface area contributed by atoms with E-state index in [4.69, 9.17) is 42.5 Å². The van der Waals surface area contributed by atoms with Gasteiger partial charge in [-0.1, -0.05) is 36.4 Å². The second-order valence-electron chi connectivity index (χ2n) is 11.1. The van der Waals surface area contributed by atoms with Crippen molar-refractivity contribution in [1.29, 1.82) is 0 Å². The highest BCUT2D eigenvalue weighted by atomic mass is 35.5. The molecule has 3 N–H and O–H groups in total. The predicted octanol–water partition coefficient (Wildman–Crippen LogP) is 2.58. The fourth-order valence-electron chi connectivity index (χ4n) is 4.84. The summed E-state index contributed by atoms with van der Waals surface area (Å²) in [4.78, 5) is 60.7. The highest BCUT2D eigenvalue weighted by molar-refractivity contribution is 6.40. The molecule has 0 spiro atoms. The minimum absolute atomic E-state index is 0. The van der Waals surface area contributed by atoms with Crippen molar-refractivity contribution in [3.63, 3.8) is 0 Å². The van der Waals surface area contributed by atoms with Crippen LogP contribution in [0.15, 0.2) is 60.7 Å². The normalized spacial score (nSPS) is 19.5. The van der Waals surface area contributed by atoms with Crippen LogP contribution in [0.3, 0.4) is 0 Å². The Balaban J connectivity index is 0.000000371. The number of aliphatic carboxylic acids is 1. The number of para-hydroxylation sites is 2. The SMILES string of the molecule is CC(=O)N1CCOC(C(=O)Nc2ccccc2)C1.CC(=O)N1CCOC(C(=O)O)C1.CC(=O)N1CCOC(CNc2ccccc2)C1.ClCCl.[B]. The van der Waals surface area contributed by atoms with E-state index in [1.165, 1.54) is 18.7 Å². The molecule has 3 radical (unpaired) electrons. The number of nitrogens with one attached hydrogen (secondary N) is 2. The monoisotopic (exact) mass is 750 g/mol. The first-order valence-electron chi connectivity index (χ1n) is 16.1. The van der Waals surface area contributed by atoms with Crippen molar-refractivity contribution in [2.24, 2.45) is 0 Å². The van der Waals surface area contributed by atoms with Crippen molar-refractivity contribution in [2.45, 2.75) is 39.1 Å². The lowest BCUT2D eigenvalue weighted by molar-refractivity contribution is -0.158. The van der Waals surface area contributed by atoms with Crippen LogP contribution in [-0.2, 0) is 38.2 Å². The summed E-state index contributed by atoms with van der Waals surface area (Å²) in [6, 6.07) is 19.2. The standard InChI is InChI=1S/C13H16N2O3.C13H18N2O2.C7H11NO4.CH2Cl2.B/c1-10(16)15-7-8-18-12(9-15)13(17)14-11-5-3-2-4-6-11;1-11(16)15-7-8-17-13(10-15)9-14-12-5-3-2-4-6-12;1-5(9)8-2-3-12-6(4-8)7(10)11;2-1-3;/h2-6,12H,7-9H2,1H3,(H,14,17);2-6,13-14H,7-10H2,1H3;6H,2-4H2,1H3,(H,10,11);1H2;. The number of amides is 4. The number of carboxylic acid groups (broad SMARTS) is 1. The minimum Gasteiger partial charge on any atom is -0.479 e. The topological polar surface area (TPSA) is 167 Å². The van der Waals surface area contributed by atoms with Gasteiger partial charge >= 0.3 is 5.97 Å². The molecule has 3 aliphatic heterocycles. The fraction of sp³-hybridized carbons (Fsp3) is 0.500. The number of hydrogen-bond acceptors (Lipinski definition) is 9. The zero-order valence-corrected chi connectivity index (χ0v) is 30.7. The van der Waals surface area contributed by atoms with Crippen LogP contribution < -0.4 is 10.6 Å². The molecule has 2 aromatic carbocycles. The summed E-state index contributed by atoms with van der Waals surface area (Å²) < 4.78 is 15.9. The average molecular weight is 751 g/mol. The highest BCUT2D eigenvalue weighted by Crippen LogP contribution is 2.11. The van der Waals surface area contributed by atoms with Gasteiger partial charge in [0, 0.05) is 73.3 Å². The molecular formula is C34H47BCl2N5O9. The van der Waals surface area contributed by atoms with Crippen LogP contribution in [0.1, 0.15) is 20.8 Å². The molecule has 0 aromatic heterocycles. The van der Waals surface area contributed by atoms with E-state index in [1.54, 1.807) is 11.8 Å². The van der Waals surface area contributed by atoms with Crippen LogP contribution in [0.4, 0.5) is 11.4 Å². The summed E-state index contributed by atoms with van der Waals surface area (Å²) in [6.07, 6.45) is -1.38. The number of morpholine rings is 3. The Hall–Kier alpha value is -3.89. The van der Waals surface area contributed by atoms with Crippen molar-refractivity contribution in [1.82, 2.24) is 14.7 Å². The zero-order chi connectivity index (χ0) is 36.9. The van der Waals surface area contributed by atoms with E-state index < -0.39 is 18.2 Å². The Morgan fingerprint density at radius 3 is 1.57 bits per heavy atom. The Labute approximate surface area is 311 Å². The molecule has 279 valence electrons. The molecule has 3 unspecified atom stereocenters. The second-order valence-corrected chi connectivity index (χ2v) is 12.0. The Morgan fingerprint density at radius 2 is 1.10 bits per heavy atom. The largest absolute Gasteiger partial charge is 0.479 e. The third-order valence-electron chi connectivity index (χ3n) is 7.52. The number of benzene rings is 2. The van der Waals surface area contributed by atoms with Gasteiger partial charge in [-0.3, -0.25) is 19.2 Å². The lowest BCUT2D eigenvalue weighted by Gasteiger charge is -2.32. The van der Waals surface area contributed by atoms with Crippen LogP contribution in [0, 0.1) is 0 Å². The van der Waals surface area contributed by atoms with Crippen molar-refractivity contribution in [2.75, 3.05) is 81.6 Å². The van der Waals surface area contributed by atoms with E-state index in [0.29, 0.717) is 52.5 Å². The summed E-state index contributed by atoms with van der Waals surface area (Å²) >= 11 is 9.53. The molecule has 3 atom stereocenters. The third-order valence-corrected chi connectivity index (χ3v) is 7.52. The van der Waals surface area contributed by atoms with E-state index in [0.717, 1.165) is 17.9 Å². The molecule has 0 aliphatic carbocycles. The number of carbonyl (C=O) groups excluding carboxylic acids is 4. The highest BCUT2D eigenvalue weighted by Gasteiger charge is 2.28. The molecule has 51 heavy (non-hydrogen) atoms. The third kappa shape index (κ3) is 17.7. The summed E-state index contributed by atoms with van der Waals surface area (Å²) in [6.45, 7) is 9.46.